The Morgan fingerprint density at radius 3 is 1.46 bits per heavy atom. The lowest BCUT2D eigenvalue weighted by Crippen LogP contribution is -1.97. The maximum atomic E-state index is 7.54. The average Bonchev–Trinajstić information content (AvgIpc) is 3.76. The first-order valence-corrected chi connectivity index (χ1v) is 17.6. The number of nitrogens with zero attached hydrogens (tertiary/aromatic N) is 6. The van der Waals surface area contributed by atoms with Crippen LogP contribution in [0.25, 0.3) is 98.6 Å². The summed E-state index contributed by atoms with van der Waals surface area (Å²) in [5.74, 6) is 0.520. The van der Waals surface area contributed by atoms with Gasteiger partial charge in [0, 0.05) is 44.0 Å². The Morgan fingerprint density at radius 2 is 0.852 bits per heavy atom. The number of hydrogen-bond acceptors (Lipinski definition) is 2. The quantitative estimate of drug-likeness (QED) is 0.169. The highest BCUT2D eigenvalue weighted by molar-refractivity contribution is 6.12. The molecule has 0 atom stereocenters. The van der Waals surface area contributed by atoms with Gasteiger partial charge >= 0.3 is 0 Å². The van der Waals surface area contributed by atoms with Crippen LogP contribution < -0.4 is 0 Å². The van der Waals surface area contributed by atoms with Crippen LogP contribution in [-0.4, -0.2) is 19.1 Å². The van der Waals surface area contributed by atoms with Gasteiger partial charge in [-0.3, -0.25) is 0 Å². The summed E-state index contributed by atoms with van der Waals surface area (Å²) in [7, 11) is 0. The molecule has 0 aliphatic carbocycles. The van der Waals surface area contributed by atoms with Crippen LogP contribution in [0.4, 0.5) is 11.4 Å². The number of hydrogen-bond donors (Lipinski definition) is 0. The zero-order valence-electron chi connectivity index (χ0n) is 28.8. The number of benzene rings is 7. The van der Waals surface area contributed by atoms with Crippen LogP contribution in [-0.2, 0) is 0 Å². The summed E-state index contributed by atoms with van der Waals surface area (Å²) < 4.78 is 4.69. The topological polar surface area (TPSA) is 44.4 Å². The minimum atomic E-state index is 0.520. The molecule has 0 aliphatic heterocycles. The van der Waals surface area contributed by atoms with Crippen LogP contribution in [0.3, 0.4) is 0 Å². The van der Waals surface area contributed by atoms with Crippen molar-refractivity contribution in [3.05, 3.63) is 193 Å². The average molecular weight is 689 g/mol. The van der Waals surface area contributed by atoms with Gasteiger partial charge in [0.15, 0.2) is 17.2 Å². The minimum Gasteiger partial charge on any atom is -0.309 e. The Balaban J connectivity index is 1.10. The van der Waals surface area contributed by atoms with Crippen molar-refractivity contribution in [2.24, 2.45) is 0 Å². The van der Waals surface area contributed by atoms with Gasteiger partial charge in [-0.15, -0.1) is 0 Å². The maximum absolute atomic E-state index is 7.54. The number of aromatic nitrogens is 4. The standard InChI is InChI=1S/C48H28N6/c1-49-34-13-9-11-32(27-34)43-30-42(51-48(52-43)33-12-10-14-35(28-33)50-2)31-21-23-36(24-22-31)53-46-20-8-5-17-40(46)41-29-37(25-26-47(41)53)54-44-18-6-3-15-38(44)39-16-4-7-19-45(39)54/h3-30H. The van der Waals surface area contributed by atoms with Crippen molar-refractivity contribution in [2.45, 2.75) is 0 Å². The van der Waals surface area contributed by atoms with Gasteiger partial charge < -0.3 is 9.13 Å². The van der Waals surface area contributed by atoms with Crippen molar-refractivity contribution < 1.29 is 0 Å². The fourth-order valence-electron chi connectivity index (χ4n) is 7.68. The van der Waals surface area contributed by atoms with Crippen LogP contribution in [0.1, 0.15) is 0 Å². The highest BCUT2D eigenvalue weighted by Gasteiger charge is 2.17. The summed E-state index contributed by atoms with van der Waals surface area (Å²) in [5.41, 5.74) is 11.8. The Kier molecular flexibility index (Phi) is 7.15. The molecule has 7 aromatic carbocycles. The van der Waals surface area contributed by atoms with Gasteiger partial charge in [0.1, 0.15) is 0 Å². The first-order chi connectivity index (χ1) is 26.7. The van der Waals surface area contributed by atoms with E-state index >= 15 is 0 Å². The molecule has 0 amide bonds. The van der Waals surface area contributed by atoms with E-state index in [1.807, 2.05) is 42.5 Å². The molecule has 0 radical (unpaired) electrons. The lowest BCUT2D eigenvalue weighted by atomic mass is 10.1. The molecular weight excluding hydrogens is 661 g/mol. The molecular formula is C48H28N6. The van der Waals surface area contributed by atoms with E-state index in [1.54, 1.807) is 12.1 Å². The predicted molar refractivity (Wildman–Crippen MR) is 220 cm³/mol. The van der Waals surface area contributed by atoms with Crippen molar-refractivity contribution in [3.63, 3.8) is 0 Å². The lowest BCUT2D eigenvalue weighted by Gasteiger charge is -2.12. The summed E-state index contributed by atoms with van der Waals surface area (Å²) in [6, 6.07) is 57.9. The van der Waals surface area contributed by atoms with E-state index in [1.165, 1.54) is 32.6 Å². The molecule has 0 spiro atoms. The second kappa shape index (κ2) is 12.5. The fourth-order valence-corrected chi connectivity index (χ4v) is 7.68. The third-order valence-corrected chi connectivity index (χ3v) is 10.1. The van der Waals surface area contributed by atoms with Gasteiger partial charge in [0.2, 0.25) is 0 Å². The molecule has 6 heteroatoms. The molecule has 10 rings (SSSR count). The number of rotatable bonds is 5. The van der Waals surface area contributed by atoms with Gasteiger partial charge in [0.05, 0.1) is 46.6 Å². The van der Waals surface area contributed by atoms with Gasteiger partial charge in [-0.1, -0.05) is 103 Å². The van der Waals surface area contributed by atoms with Crippen molar-refractivity contribution in [2.75, 3.05) is 0 Å². The molecule has 0 bridgehead atoms. The Bertz CT molecular complexity index is 3060. The molecule has 250 valence electrons. The normalized spacial score (nSPS) is 11.3. The van der Waals surface area contributed by atoms with Gasteiger partial charge in [-0.25, -0.2) is 19.7 Å². The largest absolute Gasteiger partial charge is 0.309 e. The smallest absolute Gasteiger partial charge is 0.187 e. The Morgan fingerprint density at radius 1 is 0.370 bits per heavy atom. The molecule has 54 heavy (non-hydrogen) atoms. The highest BCUT2D eigenvalue weighted by Crippen LogP contribution is 2.38. The highest BCUT2D eigenvalue weighted by atomic mass is 15.0. The molecule has 10 aromatic rings. The first-order valence-electron chi connectivity index (χ1n) is 17.6. The van der Waals surface area contributed by atoms with Gasteiger partial charge in [-0.2, -0.15) is 0 Å². The van der Waals surface area contributed by atoms with Crippen LogP contribution in [0.5, 0.6) is 0 Å². The molecule has 6 nitrogen and oxygen atoms in total. The van der Waals surface area contributed by atoms with Crippen molar-refractivity contribution in [3.8, 4) is 45.3 Å². The fraction of sp³-hybridized carbons (Fsp3) is 0. The molecule has 0 unspecified atom stereocenters. The predicted octanol–water partition coefficient (Wildman–Crippen LogP) is 12.8. The molecule has 0 N–H and O–H groups in total. The minimum absolute atomic E-state index is 0.520. The summed E-state index contributed by atoms with van der Waals surface area (Å²) in [4.78, 5) is 17.2. The molecule has 3 heterocycles. The summed E-state index contributed by atoms with van der Waals surface area (Å²) in [5, 5.41) is 4.86. The van der Waals surface area contributed by atoms with Gasteiger partial charge in [0.25, 0.3) is 0 Å². The maximum Gasteiger partial charge on any atom is 0.187 e. The van der Waals surface area contributed by atoms with Gasteiger partial charge in [-0.05, 0) is 72.3 Å². The van der Waals surface area contributed by atoms with Crippen molar-refractivity contribution >= 4 is 55.0 Å². The second-order valence-corrected chi connectivity index (χ2v) is 13.3. The monoisotopic (exact) mass is 688 g/mol. The van der Waals surface area contributed by atoms with E-state index in [4.69, 9.17) is 23.1 Å². The summed E-state index contributed by atoms with van der Waals surface area (Å²) in [6.45, 7) is 15.1. The number of fused-ring (bicyclic) bond motifs is 6. The van der Waals surface area contributed by atoms with E-state index in [2.05, 4.69) is 134 Å². The first kappa shape index (κ1) is 31.0. The molecule has 0 saturated heterocycles. The van der Waals surface area contributed by atoms with E-state index in [9.17, 15) is 0 Å². The number of para-hydroxylation sites is 3. The van der Waals surface area contributed by atoms with Crippen LogP contribution in [0.15, 0.2) is 170 Å². The molecule has 0 fully saturated rings. The van der Waals surface area contributed by atoms with E-state index < -0.39 is 0 Å². The zero-order valence-corrected chi connectivity index (χ0v) is 28.8. The Hall–Kier alpha value is -7.80. The van der Waals surface area contributed by atoms with Crippen LogP contribution >= 0.6 is 0 Å². The van der Waals surface area contributed by atoms with Crippen molar-refractivity contribution in [1.82, 2.24) is 19.1 Å². The molecule has 3 aromatic heterocycles. The second-order valence-electron chi connectivity index (χ2n) is 13.3. The third kappa shape index (κ3) is 5.02. The van der Waals surface area contributed by atoms with E-state index in [0.29, 0.717) is 22.9 Å². The summed E-state index contributed by atoms with van der Waals surface area (Å²) in [6.07, 6.45) is 0. The van der Waals surface area contributed by atoms with Crippen LogP contribution in [0, 0.1) is 13.1 Å². The van der Waals surface area contributed by atoms with Crippen LogP contribution in [0.2, 0.25) is 0 Å². The SMILES string of the molecule is [C-]#[N+]c1cccc(-c2cc(-c3ccc(-n4c5ccccc5c5cc(-n6c7ccccc7c7ccccc76)ccc54)cc3)nc(-c3cccc([N+]#[C-])c3)n2)c1. The van der Waals surface area contributed by atoms with E-state index in [0.717, 1.165) is 44.8 Å². The van der Waals surface area contributed by atoms with Crippen molar-refractivity contribution in [1.29, 1.82) is 0 Å². The zero-order chi connectivity index (χ0) is 36.2. The third-order valence-electron chi connectivity index (χ3n) is 10.1. The van der Waals surface area contributed by atoms with E-state index in [-0.39, 0.29) is 0 Å². The molecule has 0 aliphatic rings. The lowest BCUT2D eigenvalue weighted by molar-refractivity contribution is 1.16. The molecule has 0 saturated carbocycles. The Labute approximate surface area is 311 Å². The summed E-state index contributed by atoms with van der Waals surface area (Å²) >= 11 is 0.